The quantitative estimate of drug-likeness (QED) is 0.752. The largest absolute Gasteiger partial charge is 0.486 e. The highest BCUT2D eigenvalue weighted by molar-refractivity contribution is 5.73. The summed E-state index contributed by atoms with van der Waals surface area (Å²) in [6.07, 6.45) is 1.23. The summed E-state index contributed by atoms with van der Waals surface area (Å²) in [5.41, 5.74) is 0.800. The van der Waals surface area contributed by atoms with Crippen LogP contribution in [0.25, 0.3) is 0 Å². The minimum Gasteiger partial charge on any atom is -0.486 e. The Morgan fingerprint density at radius 1 is 1.29 bits per heavy atom. The highest BCUT2D eigenvalue weighted by Gasteiger charge is 2.19. The molecule has 0 amide bonds. The first-order chi connectivity index (χ1) is 11.7. The first kappa shape index (κ1) is 16.3. The Bertz CT molecular complexity index is 713. The van der Waals surface area contributed by atoms with Crippen molar-refractivity contribution in [3.8, 4) is 11.5 Å². The molecule has 2 aromatic rings. The number of carbonyl (C=O) groups is 1. The van der Waals surface area contributed by atoms with E-state index in [9.17, 15) is 4.79 Å². The second kappa shape index (κ2) is 7.33. The van der Waals surface area contributed by atoms with Gasteiger partial charge >= 0.3 is 5.97 Å². The van der Waals surface area contributed by atoms with Gasteiger partial charge in [-0.05, 0) is 31.0 Å². The predicted octanol–water partition coefficient (Wildman–Crippen LogP) is 2.64. The highest BCUT2D eigenvalue weighted by atomic mass is 16.6. The number of rotatable bonds is 6. The molecule has 0 N–H and O–H groups in total. The van der Waals surface area contributed by atoms with E-state index in [4.69, 9.17) is 18.7 Å². The molecule has 1 aliphatic heterocycles. The van der Waals surface area contributed by atoms with Crippen LogP contribution in [0.15, 0.2) is 22.7 Å². The van der Waals surface area contributed by atoms with E-state index < -0.39 is 6.10 Å². The molecule has 0 spiro atoms. The SMILES string of the molecule is CCCc1noc(C(C)OC(=O)Cc2ccc3c(c2)OCCO3)n1. The molecule has 0 radical (unpaired) electrons. The zero-order valence-electron chi connectivity index (χ0n) is 13.8. The van der Waals surface area contributed by atoms with Crippen molar-refractivity contribution < 1.29 is 23.5 Å². The molecule has 1 atom stereocenters. The summed E-state index contributed by atoms with van der Waals surface area (Å²) in [5, 5.41) is 3.86. The van der Waals surface area contributed by atoms with Crippen LogP contribution < -0.4 is 9.47 Å². The molecule has 0 bridgehead atoms. The van der Waals surface area contributed by atoms with Gasteiger partial charge in [0, 0.05) is 6.42 Å². The number of fused-ring (bicyclic) bond motifs is 1. The summed E-state index contributed by atoms with van der Waals surface area (Å²) >= 11 is 0. The van der Waals surface area contributed by atoms with Crippen molar-refractivity contribution in [1.82, 2.24) is 10.1 Å². The normalized spacial score (nSPS) is 14.2. The summed E-state index contributed by atoms with van der Waals surface area (Å²) < 4.78 is 21.5. The predicted molar refractivity (Wildman–Crippen MR) is 83.9 cm³/mol. The molecule has 24 heavy (non-hydrogen) atoms. The maximum absolute atomic E-state index is 12.1. The fourth-order valence-electron chi connectivity index (χ4n) is 2.41. The molecule has 0 saturated carbocycles. The van der Waals surface area contributed by atoms with Crippen molar-refractivity contribution in [1.29, 1.82) is 0 Å². The number of benzene rings is 1. The van der Waals surface area contributed by atoms with Crippen molar-refractivity contribution in [3.05, 3.63) is 35.5 Å². The van der Waals surface area contributed by atoms with Crippen molar-refractivity contribution in [2.24, 2.45) is 0 Å². The van der Waals surface area contributed by atoms with E-state index in [0.717, 1.165) is 18.4 Å². The average molecular weight is 332 g/mol. The third-order valence-electron chi connectivity index (χ3n) is 3.57. The summed E-state index contributed by atoms with van der Waals surface area (Å²) in [4.78, 5) is 16.3. The first-order valence-corrected chi connectivity index (χ1v) is 8.06. The number of esters is 1. The van der Waals surface area contributed by atoms with Crippen LogP contribution in [0.3, 0.4) is 0 Å². The number of hydrogen-bond acceptors (Lipinski definition) is 7. The van der Waals surface area contributed by atoms with Gasteiger partial charge in [-0.3, -0.25) is 4.79 Å². The lowest BCUT2D eigenvalue weighted by Gasteiger charge is -2.18. The van der Waals surface area contributed by atoms with Crippen molar-refractivity contribution >= 4 is 5.97 Å². The Morgan fingerprint density at radius 2 is 2.08 bits per heavy atom. The fourth-order valence-corrected chi connectivity index (χ4v) is 2.41. The van der Waals surface area contributed by atoms with E-state index in [2.05, 4.69) is 10.1 Å². The Labute approximate surface area is 139 Å². The lowest BCUT2D eigenvalue weighted by atomic mass is 10.1. The summed E-state index contributed by atoms with van der Waals surface area (Å²) in [6, 6.07) is 5.42. The summed E-state index contributed by atoms with van der Waals surface area (Å²) in [7, 11) is 0. The van der Waals surface area contributed by atoms with Gasteiger partial charge in [0.25, 0.3) is 5.89 Å². The highest BCUT2D eigenvalue weighted by Crippen LogP contribution is 2.31. The van der Waals surface area contributed by atoms with E-state index in [-0.39, 0.29) is 12.4 Å². The Morgan fingerprint density at radius 3 is 2.88 bits per heavy atom. The van der Waals surface area contributed by atoms with Gasteiger partial charge in [0.05, 0.1) is 6.42 Å². The molecule has 1 aromatic heterocycles. The second-order valence-corrected chi connectivity index (χ2v) is 5.59. The smallest absolute Gasteiger partial charge is 0.311 e. The van der Waals surface area contributed by atoms with Crippen LogP contribution in [0.5, 0.6) is 11.5 Å². The van der Waals surface area contributed by atoms with Gasteiger partial charge in [-0.2, -0.15) is 4.98 Å². The van der Waals surface area contributed by atoms with Crippen LogP contribution in [0.1, 0.15) is 43.7 Å². The molecule has 0 aliphatic carbocycles. The zero-order chi connectivity index (χ0) is 16.9. The summed E-state index contributed by atoms with van der Waals surface area (Å²) in [6.45, 7) is 4.79. The molecule has 0 fully saturated rings. The lowest BCUT2D eigenvalue weighted by Crippen LogP contribution is -2.16. The first-order valence-electron chi connectivity index (χ1n) is 8.06. The Balaban J connectivity index is 1.58. The number of carbonyl (C=O) groups excluding carboxylic acids is 1. The van der Waals surface area contributed by atoms with Crippen LogP contribution in [0, 0.1) is 0 Å². The van der Waals surface area contributed by atoms with E-state index >= 15 is 0 Å². The number of ether oxygens (including phenoxy) is 3. The minimum absolute atomic E-state index is 0.136. The Hall–Kier alpha value is -2.57. The average Bonchev–Trinajstić information content (AvgIpc) is 3.04. The molecular weight excluding hydrogens is 312 g/mol. The number of nitrogens with zero attached hydrogens (tertiary/aromatic N) is 2. The van der Waals surface area contributed by atoms with Crippen LogP contribution in [0.4, 0.5) is 0 Å². The maximum atomic E-state index is 12.1. The van der Waals surface area contributed by atoms with E-state index in [1.807, 2.05) is 13.0 Å². The minimum atomic E-state index is -0.576. The second-order valence-electron chi connectivity index (χ2n) is 5.59. The summed E-state index contributed by atoms with van der Waals surface area (Å²) in [5.74, 6) is 1.92. The van der Waals surface area contributed by atoms with Gasteiger partial charge in [-0.1, -0.05) is 18.1 Å². The standard InChI is InChI=1S/C17H20N2O5/c1-3-4-15-18-17(24-19-15)11(2)23-16(20)10-12-5-6-13-14(9-12)22-8-7-21-13/h5-6,9,11H,3-4,7-8,10H2,1-2H3. The van der Waals surface area contributed by atoms with Gasteiger partial charge in [-0.25, -0.2) is 0 Å². The zero-order valence-corrected chi connectivity index (χ0v) is 13.8. The molecule has 7 nitrogen and oxygen atoms in total. The van der Waals surface area contributed by atoms with Crippen LogP contribution in [0.2, 0.25) is 0 Å². The van der Waals surface area contributed by atoms with Crippen molar-refractivity contribution in [2.45, 2.75) is 39.2 Å². The monoisotopic (exact) mass is 332 g/mol. The van der Waals surface area contributed by atoms with Crippen LogP contribution in [-0.4, -0.2) is 29.3 Å². The number of hydrogen-bond donors (Lipinski definition) is 0. The number of aromatic nitrogens is 2. The van der Waals surface area contributed by atoms with Crippen molar-refractivity contribution in [2.75, 3.05) is 13.2 Å². The van der Waals surface area contributed by atoms with Gasteiger partial charge in [0.2, 0.25) is 0 Å². The van der Waals surface area contributed by atoms with Gasteiger partial charge < -0.3 is 18.7 Å². The molecule has 2 heterocycles. The fraction of sp³-hybridized carbons (Fsp3) is 0.471. The van der Waals surface area contributed by atoms with Gasteiger partial charge in [0.15, 0.2) is 23.4 Å². The van der Waals surface area contributed by atoms with E-state index in [0.29, 0.717) is 36.4 Å². The molecule has 1 aromatic carbocycles. The Kier molecular flexibility index (Phi) is 4.98. The molecule has 3 rings (SSSR count). The maximum Gasteiger partial charge on any atom is 0.311 e. The number of aryl methyl sites for hydroxylation is 1. The lowest BCUT2D eigenvalue weighted by molar-refractivity contribution is -0.148. The van der Waals surface area contributed by atoms with Crippen molar-refractivity contribution in [3.63, 3.8) is 0 Å². The molecule has 128 valence electrons. The molecule has 0 saturated heterocycles. The third-order valence-corrected chi connectivity index (χ3v) is 3.57. The molecular formula is C17H20N2O5. The molecule has 7 heteroatoms. The molecule has 1 aliphatic rings. The molecule has 1 unspecified atom stereocenters. The van der Waals surface area contributed by atoms with Gasteiger partial charge in [0.1, 0.15) is 13.2 Å². The van der Waals surface area contributed by atoms with E-state index in [1.54, 1.807) is 19.1 Å². The van der Waals surface area contributed by atoms with Crippen LogP contribution >= 0.6 is 0 Å². The van der Waals surface area contributed by atoms with Crippen LogP contribution in [-0.2, 0) is 22.4 Å². The topological polar surface area (TPSA) is 83.7 Å². The van der Waals surface area contributed by atoms with E-state index in [1.165, 1.54) is 0 Å². The third kappa shape index (κ3) is 3.84. The van der Waals surface area contributed by atoms with Gasteiger partial charge in [-0.15, -0.1) is 0 Å².